The Bertz CT molecular complexity index is 419. The van der Waals surface area contributed by atoms with Crippen molar-refractivity contribution >= 4 is 11.3 Å². The highest BCUT2D eigenvalue weighted by atomic mass is 32.1. The van der Waals surface area contributed by atoms with E-state index >= 15 is 0 Å². The summed E-state index contributed by atoms with van der Waals surface area (Å²) in [6, 6.07) is 4.56. The average Bonchev–Trinajstić information content (AvgIpc) is 2.85. The topological polar surface area (TPSA) is 53.6 Å². The van der Waals surface area contributed by atoms with Crippen LogP contribution < -0.4 is 5.32 Å². The Hall–Kier alpha value is -1.20. The van der Waals surface area contributed by atoms with Crippen LogP contribution in [0.4, 0.5) is 0 Å². The number of thiophene rings is 1. The van der Waals surface area contributed by atoms with Crippen LogP contribution in [0.2, 0.25) is 0 Å². The standard InChI is InChI=1S/C11H16N4S/c1-8(2)12-6-5-10-13-11(15-14-10)9-4-3-7-16-9/h3-4,7-8,12H,5-6H2,1-2H3,(H,13,14,15). The minimum Gasteiger partial charge on any atom is -0.314 e. The lowest BCUT2D eigenvalue weighted by Crippen LogP contribution is -2.25. The van der Waals surface area contributed by atoms with Gasteiger partial charge in [-0.25, -0.2) is 4.98 Å². The Balaban J connectivity index is 1.93. The van der Waals surface area contributed by atoms with Gasteiger partial charge in [-0.3, -0.25) is 5.10 Å². The molecule has 0 saturated carbocycles. The van der Waals surface area contributed by atoms with Crippen molar-refractivity contribution in [2.75, 3.05) is 6.54 Å². The molecule has 2 aromatic rings. The Morgan fingerprint density at radius 2 is 2.38 bits per heavy atom. The van der Waals surface area contributed by atoms with E-state index in [9.17, 15) is 0 Å². The number of H-pyrrole nitrogens is 1. The normalized spacial score (nSPS) is 11.2. The van der Waals surface area contributed by atoms with Gasteiger partial charge in [-0.15, -0.1) is 11.3 Å². The average molecular weight is 236 g/mol. The van der Waals surface area contributed by atoms with Crippen molar-refractivity contribution in [2.45, 2.75) is 26.3 Å². The van der Waals surface area contributed by atoms with E-state index in [1.165, 1.54) is 0 Å². The monoisotopic (exact) mass is 236 g/mol. The largest absolute Gasteiger partial charge is 0.314 e. The van der Waals surface area contributed by atoms with Crippen LogP contribution in [0.3, 0.4) is 0 Å². The second-order valence-corrected chi connectivity index (χ2v) is 4.89. The zero-order chi connectivity index (χ0) is 11.4. The molecule has 2 aromatic heterocycles. The molecule has 0 aliphatic carbocycles. The van der Waals surface area contributed by atoms with E-state index in [-0.39, 0.29) is 0 Å². The summed E-state index contributed by atoms with van der Waals surface area (Å²) in [6.45, 7) is 5.20. The quantitative estimate of drug-likeness (QED) is 0.835. The van der Waals surface area contributed by atoms with E-state index in [4.69, 9.17) is 0 Å². The summed E-state index contributed by atoms with van der Waals surface area (Å²) >= 11 is 1.66. The Morgan fingerprint density at radius 1 is 1.50 bits per heavy atom. The van der Waals surface area contributed by atoms with E-state index in [1.54, 1.807) is 11.3 Å². The van der Waals surface area contributed by atoms with Gasteiger partial charge in [0.2, 0.25) is 0 Å². The second-order valence-electron chi connectivity index (χ2n) is 3.94. The first kappa shape index (κ1) is 11.3. The summed E-state index contributed by atoms with van der Waals surface area (Å²) in [5.41, 5.74) is 0. The molecule has 0 aliphatic rings. The Morgan fingerprint density at radius 3 is 3.06 bits per heavy atom. The summed E-state index contributed by atoms with van der Waals surface area (Å²) in [6.07, 6.45) is 0.885. The van der Waals surface area contributed by atoms with Gasteiger partial charge in [-0.05, 0) is 11.4 Å². The maximum atomic E-state index is 4.45. The highest BCUT2D eigenvalue weighted by molar-refractivity contribution is 7.13. The maximum absolute atomic E-state index is 4.45. The molecular weight excluding hydrogens is 220 g/mol. The van der Waals surface area contributed by atoms with Gasteiger partial charge in [0, 0.05) is 19.0 Å². The van der Waals surface area contributed by atoms with Gasteiger partial charge in [-0.2, -0.15) is 5.10 Å². The summed E-state index contributed by atoms with van der Waals surface area (Å²) in [5.74, 6) is 1.74. The third kappa shape index (κ3) is 2.90. The van der Waals surface area contributed by atoms with Crippen LogP contribution in [-0.4, -0.2) is 27.8 Å². The second kappa shape index (κ2) is 5.23. The first-order chi connectivity index (χ1) is 7.75. The van der Waals surface area contributed by atoms with Crippen molar-refractivity contribution < 1.29 is 0 Å². The van der Waals surface area contributed by atoms with Gasteiger partial charge in [-0.1, -0.05) is 19.9 Å². The zero-order valence-corrected chi connectivity index (χ0v) is 10.3. The first-order valence-electron chi connectivity index (χ1n) is 5.44. The lowest BCUT2D eigenvalue weighted by molar-refractivity contribution is 0.583. The van der Waals surface area contributed by atoms with E-state index in [0.717, 1.165) is 29.5 Å². The molecule has 0 amide bonds. The molecule has 2 N–H and O–H groups in total. The first-order valence-corrected chi connectivity index (χ1v) is 6.32. The molecule has 5 heteroatoms. The number of aromatic amines is 1. The zero-order valence-electron chi connectivity index (χ0n) is 9.53. The van der Waals surface area contributed by atoms with E-state index in [2.05, 4.69) is 34.3 Å². The van der Waals surface area contributed by atoms with Gasteiger partial charge >= 0.3 is 0 Å². The molecule has 0 unspecified atom stereocenters. The molecule has 86 valence electrons. The molecule has 0 spiro atoms. The van der Waals surface area contributed by atoms with Crippen molar-refractivity contribution in [3.8, 4) is 10.7 Å². The van der Waals surface area contributed by atoms with Crippen molar-refractivity contribution in [2.24, 2.45) is 0 Å². The van der Waals surface area contributed by atoms with Crippen LogP contribution in [0.1, 0.15) is 19.7 Å². The fourth-order valence-corrected chi connectivity index (χ4v) is 2.06. The van der Waals surface area contributed by atoms with Crippen LogP contribution in [0.5, 0.6) is 0 Å². The molecule has 2 heterocycles. The molecule has 0 saturated heterocycles. The minimum atomic E-state index is 0.514. The summed E-state index contributed by atoms with van der Waals surface area (Å²) in [7, 11) is 0. The minimum absolute atomic E-state index is 0.514. The molecule has 4 nitrogen and oxygen atoms in total. The van der Waals surface area contributed by atoms with Crippen LogP contribution in [-0.2, 0) is 6.42 Å². The predicted molar refractivity (Wildman–Crippen MR) is 66.5 cm³/mol. The molecule has 0 aromatic carbocycles. The van der Waals surface area contributed by atoms with Crippen molar-refractivity contribution in [3.05, 3.63) is 23.3 Å². The lowest BCUT2D eigenvalue weighted by atomic mass is 10.3. The van der Waals surface area contributed by atoms with E-state index in [1.807, 2.05) is 17.5 Å². The van der Waals surface area contributed by atoms with Crippen LogP contribution in [0.15, 0.2) is 17.5 Å². The van der Waals surface area contributed by atoms with Crippen molar-refractivity contribution in [1.29, 1.82) is 0 Å². The highest BCUT2D eigenvalue weighted by Gasteiger charge is 2.06. The van der Waals surface area contributed by atoms with Crippen LogP contribution in [0.25, 0.3) is 10.7 Å². The number of aromatic nitrogens is 3. The summed E-state index contributed by atoms with van der Waals surface area (Å²) < 4.78 is 0. The fourth-order valence-electron chi connectivity index (χ4n) is 1.40. The Kier molecular flexibility index (Phi) is 3.69. The summed E-state index contributed by atoms with van der Waals surface area (Å²) in [4.78, 5) is 5.56. The Labute approximate surface area is 99.1 Å². The van der Waals surface area contributed by atoms with E-state index < -0.39 is 0 Å². The van der Waals surface area contributed by atoms with E-state index in [0.29, 0.717) is 6.04 Å². The maximum Gasteiger partial charge on any atom is 0.191 e. The van der Waals surface area contributed by atoms with Crippen LogP contribution in [0, 0.1) is 0 Å². The molecular formula is C11H16N4S. The molecule has 0 aliphatic heterocycles. The number of nitrogens with zero attached hydrogens (tertiary/aromatic N) is 2. The molecule has 2 rings (SSSR count). The summed E-state index contributed by atoms with van der Waals surface area (Å²) in [5, 5.41) is 12.6. The van der Waals surface area contributed by atoms with Gasteiger partial charge in [0.25, 0.3) is 0 Å². The SMILES string of the molecule is CC(C)NCCc1nc(-c2cccs2)n[nH]1. The molecule has 0 atom stereocenters. The van der Waals surface area contributed by atoms with Crippen molar-refractivity contribution in [1.82, 2.24) is 20.5 Å². The number of hydrogen-bond acceptors (Lipinski definition) is 4. The number of hydrogen-bond donors (Lipinski definition) is 2. The highest BCUT2D eigenvalue weighted by Crippen LogP contribution is 2.20. The third-order valence-corrected chi connectivity index (χ3v) is 3.05. The molecule has 0 radical (unpaired) electrons. The fraction of sp³-hybridized carbons (Fsp3) is 0.455. The molecule has 16 heavy (non-hydrogen) atoms. The smallest absolute Gasteiger partial charge is 0.191 e. The third-order valence-electron chi connectivity index (χ3n) is 2.19. The lowest BCUT2D eigenvalue weighted by Gasteiger charge is -2.05. The predicted octanol–water partition coefficient (Wildman–Crippen LogP) is 2.07. The number of nitrogens with one attached hydrogen (secondary N) is 2. The van der Waals surface area contributed by atoms with Crippen LogP contribution >= 0.6 is 11.3 Å². The molecule has 0 fully saturated rings. The van der Waals surface area contributed by atoms with Crippen molar-refractivity contribution in [3.63, 3.8) is 0 Å². The van der Waals surface area contributed by atoms with Gasteiger partial charge in [0.15, 0.2) is 5.82 Å². The van der Waals surface area contributed by atoms with Gasteiger partial charge in [0.05, 0.1) is 4.88 Å². The number of rotatable bonds is 5. The van der Waals surface area contributed by atoms with Gasteiger partial charge < -0.3 is 5.32 Å². The van der Waals surface area contributed by atoms with Gasteiger partial charge in [0.1, 0.15) is 5.82 Å². The molecule has 0 bridgehead atoms.